The zero-order valence-electron chi connectivity index (χ0n) is 12.3. The molecule has 1 saturated heterocycles. The summed E-state index contributed by atoms with van der Waals surface area (Å²) in [4.78, 5) is 0. The Hall–Kier alpha value is -0.880. The molecule has 0 saturated carbocycles. The summed E-state index contributed by atoms with van der Waals surface area (Å²) >= 11 is 0. The van der Waals surface area contributed by atoms with Gasteiger partial charge in [0.15, 0.2) is 6.29 Å². The van der Waals surface area contributed by atoms with Gasteiger partial charge >= 0.3 is 0 Å². The topological polar surface area (TPSA) is 166 Å². The van der Waals surface area contributed by atoms with E-state index in [1.807, 2.05) is 0 Å². The third-order valence-corrected chi connectivity index (χ3v) is 3.96. The highest BCUT2D eigenvalue weighted by molar-refractivity contribution is 5.30. The minimum absolute atomic E-state index is 0.164. The van der Waals surface area contributed by atoms with E-state index in [-0.39, 0.29) is 6.54 Å². The fourth-order valence-corrected chi connectivity index (χ4v) is 2.60. The fraction of sp³-hybridized carbons (Fsp3) is 0.714. The maximum Gasteiger partial charge on any atom is 0.187 e. The van der Waals surface area contributed by atoms with Crippen molar-refractivity contribution in [2.24, 2.45) is 5.73 Å². The van der Waals surface area contributed by atoms with Crippen LogP contribution in [0, 0.1) is 0 Å². The van der Waals surface area contributed by atoms with Gasteiger partial charge in [-0.3, -0.25) is 0 Å². The smallest absolute Gasteiger partial charge is 0.187 e. The second-order valence-electron chi connectivity index (χ2n) is 5.53. The van der Waals surface area contributed by atoms with Crippen LogP contribution in [-0.4, -0.2) is 92.8 Å². The van der Waals surface area contributed by atoms with E-state index in [4.69, 9.17) is 20.3 Å². The molecule has 2 rings (SSSR count). The van der Waals surface area contributed by atoms with Gasteiger partial charge in [-0.05, 0) is 5.57 Å². The lowest BCUT2D eigenvalue weighted by Crippen LogP contribution is -2.60. The molecule has 2 aliphatic rings. The molecular formula is C14H23NO8. The first-order valence-corrected chi connectivity index (χ1v) is 7.31. The summed E-state index contributed by atoms with van der Waals surface area (Å²) in [7, 11) is 0. The van der Waals surface area contributed by atoms with Crippen molar-refractivity contribution in [3.05, 3.63) is 23.8 Å². The molecule has 9 nitrogen and oxygen atoms in total. The summed E-state index contributed by atoms with van der Waals surface area (Å²) in [5.41, 5.74) is 5.92. The molecule has 9 heteroatoms. The Bertz CT molecular complexity index is 454. The molecule has 0 spiro atoms. The van der Waals surface area contributed by atoms with Crippen LogP contribution in [0.15, 0.2) is 23.8 Å². The van der Waals surface area contributed by atoms with Crippen molar-refractivity contribution < 1.29 is 40.1 Å². The standard InChI is InChI=1S/C14H23NO8/c15-4-3-6-1-2-7(17)9(18)13(6)23-14-12(21)11(20)10(19)8(5-16)22-14/h1-3,7-14,16-21H,4-5,15H2. The van der Waals surface area contributed by atoms with Crippen molar-refractivity contribution in [2.45, 2.75) is 49.0 Å². The fourth-order valence-electron chi connectivity index (χ4n) is 2.60. The van der Waals surface area contributed by atoms with Gasteiger partial charge in [-0.1, -0.05) is 18.2 Å². The number of rotatable bonds is 4. The molecule has 0 aromatic rings. The zero-order valence-corrected chi connectivity index (χ0v) is 12.3. The molecule has 0 amide bonds. The normalized spacial score (nSPS) is 46.3. The van der Waals surface area contributed by atoms with Crippen molar-refractivity contribution in [3.63, 3.8) is 0 Å². The molecule has 1 fully saturated rings. The number of hydrogen-bond acceptors (Lipinski definition) is 9. The van der Waals surface area contributed by atoms with Crippen LogP contribution < -0.4 is 5.73 Å². The molecule has 8 atom stereocenters. The Kier molecular flexibility index (Phi) is 6.26. The van der Waals surface area contributed by atoms with Crippen LogP contribution in [0.25, 0.3) is 0 Å². The van der Waals surface area contributed by atoms with Gasteiger partial charge in [0.2, 0.25) is 0 Å². The Labute approximate surface area is 132 Å². The molecule has 1 aliphatic carbocycles. The van der Waals surface area contributed by atoms with Gasteiger partial charge < -0.3 is 45.8 Å². The summed E-state index contributed by atoms with van der Waals surface area (Å²) in [6.45, 7) is -0.427. The van der Waals surface area contributed by atoms with Gasteiger partial charge in [0, 0.05) is 6.54 Å². The van der Waals surface area contributed by atoms with E-state index in [1.165, 1.54) is 12.2 Å². The molecule has 8 unspecified atom stereocenters. The number of aliphatic hydroxyl groups excluding tert-OH is 6. The van der Waals surface area contributed by atoms with Crippen LogP contribution in [0.4, 0.5) is 0 Å². The van der Waals surface area contributed by atoms with Crippen molar-refractivity contribution in [2.75, 3.05) is 13.2 Å². The SMILES string of the molecule is NCC=C1C=CC(O)C(O)C1OC1OC(CO)C(O)C(O)C1O. The average Bonchev–Trinajstić information content (AvgIpc) is 2.54. The lowest BCUT2D eigenvalue weighted by Gasteiger charge is -2.42. The van der Waals surface area contributed by atoms with E-state index < -0.39 is 55.6 Å². The molecule has 0 aromatic heterocycles. The minimum Gasteiger partial charge on any atom is -0.394 e. The quantitative estimate of drug-likeness (QED) is 0.274. The van der Waals surface area contributed by atoms with Gasteiger partial charge in [-0.25, -0.2) is 0 Å². The third-order valence-electron chi connectivity index (χ3n) is 3.96. The van der Waals surface area contributed by atoms with E-state index in [0.717, 1.165) is 0 Å². The van der Waals surface area contributed by atoms with Crippen LogP contribution in [0.1, 0.15) is 0 Å². The summed E-state index contributed by atoms with van der Waals surface area (Å²) in [5.74, 6) is 0. The highest BCUT2D eigenvalue weighted by Crippen LogP contribution is 2.28. The summed E-state index contributed by atoms with van der Waals surface area (Å²) in [5, 5.41) is 58.4. The van der Waals surface area contributed by atoms with Crippen LogP contribution >= 0.6 is 0 Å². The number of hydrogen-bond donors (Lipinski definition) is 7. The Morgan fingerprint density at radius 2 is 1.78 bits per heavy atom. The lowest BCUT2D eigenvalue weighted by atomic mass is 9.92. The maximum absolute atomic E-state index is 10.1. The maximum atomic E-state index is 10.1. The Balaban J connectivity index is 2.18. The predicted octanol–water partition coefficient (Wildman–Crippen LogP) is -3.65. The summed E-state index contributed by atoms with van der Waals surface area (Å²) in [6.07, 6.45) is -6.32. The average molecular weight is 333 g/mol. The van der Waals surface area contributed by atoms with Gasteiger partial charge in [0.25, 0.3) is 0 Å². The number of nitrogens with two attached hydrogens (primary N) is 1. The largest absolute Gasteiger partial charge is 0.394 e. The van der Waals surface area contributed by atoms with Crippen LogP contribution in [0.2, 0.25) is 0 Å². The molecule has 132 valence electrons. The minimum atomic E-state index is -1.60. The molecule has 1 aliphatic heterocycles. The van der Waals surface area contributed by atoms with Crippen molar-refractivity contribution in [3.8, 4) is 0 Å². The molecule has 0 bridgehead atoms. The van der Waals surface area contributed by atoms with Crippen LogP contribution in [-0.2, 0) is 9.47 Å². The second kappa shape index (κ2) is 7.79. The summed E-state index contributed by atoms with van der Waals surface area (Å²) < 4.78 is 10.7. The first-order chi connectivity index (χ1) is 10.9. The molecule has 23 heavy (non-hydrogen) atoms. The molecular weight excluding hydrogens is 310 g/mol. The highest BCUT2D eigenvalue weighted by atomic mass is 16.7. The molecule has 8 N–H and O–H groups in total. The van der Waals surface area contributed by atoms with Gasteiger partial charge in [0.05, 0.1) is 6.61 Å². The van der Waals surface area contributed by atoms with Crippen molar-refractivity contribution in [1.29, 1.82) is 0 Å². The molecule has 0 aromatic carbocycles. The number of aliphatic hydroxyl groups is 6. The van der Waals surface area contributed by atoms with E-state index in [1.54, 1.807) is 6.08 Å². The van der Waals surface area contributed by atoms with Gasteiger partial charge in [0.1, 0.15) is 42.7 Å². The van der Waals surface area contributed by atoms with Gasteiger partial charge in [-0.15, -0.1) is 0 Å². The van der Waals surface area contributed by atoms with E-state index in [0.29, 0.717) is 5.57 Å². The van der Waals surface area contributed by atoms with Crippen molar-refractivity contribution >= 4 is 0 Å². The zero-order chi connectivity index (χ0) is 17.1. The van der Waals surface area contributed by atoms with Gasteiger partial charge in [-0.2, -0.15) is 0 Å². The highest BCUT2D eigenvalue weighted by Gasteiger charge is 2.46. The Morgan fingerprint density at radius 3 is 2.39 bits per heavy atom. The monoisotopic (exact) mass is 333 g/mol. The summed E-state index contributed by atoms with van der Waals surface area (Å²) in [6, 6.07) is 0. The molecule has 1 heterocycles. The lowest BCUT2D eigenvalue weighted by molar-refractivity contribution is -0.314. The van der Waals surface area contributed by atoms with E-state index in [2.05, 4.69) is 0 Å². The van der Waals surface area contributed by atoms with Crippen molar-refractivity contribution in [1.82, 2.24) is 0 Å². The van der Waals surface area contributed by atoms with Crippen LogP contribution in [0.5, 0.6) is 0 Å². The van der Waals surface area contributed by atoms with E-state index in [9.17, 15) is 25.5 Å². The third kappa shape index (κ3) is 3.79. The second-order valence-corrected chi connectivity index (χ2v) is 5.53. The first kappa shape index (κ1) is 18.5. The van der Waals surface area contributed by atoms with E-state index >= 15 is 0 Å². The molecule has 0 radical (unpaired) electrons. The Morgan fingerprint density at radius 1 is 1.09 bits per heavy atom. The first-order valence-electron chi connectivity index (χ1n) is 7.31. The predicted molar refractivity (Wildman–Crippen MR) is 76.9 cm³/mol. The number of ether oxygens (including phenoxy) is 2. The van der Waals surface area contributed by atoms with Crippen LogP contribution in [0.3, 0.4) is 0 Å².